The molecule has 0 spiro atoms. The van der Waals surface area contributed by atoms with E-state index in [1.807, 2.05) is 6.92 Å². The first-order valence-corrected chi connectivity index (χ1v) is 9.14. The highest BCUT2D eigenvalue weighted by molar-refractivity contribution is 7.91. The zero-order chi connectivity index (χ0) is 14.1. The highest BCUT2D eigenvalue weighted by Crippen LogP contribution is 2.11. The average Bonchev–Trinajstić information content (AvgIpc) is 2.68. The van der Waals surface area contributed by atoms with Crippen molar-refractivity contribution in [2.45, 2.75) is 52.0 Å². The third kappa shape index (κ3) is 6.80. The number of nitrogens with zero attached hydrogens (tertiary/aromatic N) is 1. The summed E-state index contributed by atoms with van der Waals surface area (Å²) < 4.78 is 22.8. The van der Waals surface area contributed by atoms with Crippen LogP contribution in [0.5, 0.6) is 0 Å². The molecule has 0 bridgehead atoms. The van der Waals surface area contributed by atoms with Crippen molar-refractivity contribution in [1.29, 1.82) is 0 Å². The first kappa shape index (κ1) is 16.3. The minimum Gasteiger partial charge on any atom is -0.357 e. The third-order valence-electron chi connectivity index (χ3n) is 3.20. The van der Waals surface area contributed by atoms with Crippen LogP contribution in [0.25, 0.3) is 0 Å². The lowest BCUT2D eigenvalue weighted by molar-refractivity contribution is 0.599. The van der Waals surface area contributed by atoms with Gasteiger partial charge in [-0.3, -0.25) is 4.99 Å². The number of guanidine groups is 1. The second-order valence-corrected chi connectivity index (χ2v) is 7.29. The lowest BCUT2D eigenvalue weighted by Gasteiger charge is -2.15. The van der Waals surface area contributed by atoms with Crippen molar-refractivity contribution in [3.05, 3.63) is 0 Å². The van der Waals surface area contributed by atoms with Crippen molar-refractivity contribution >= 4 is 15.8 Å². The van der Waals surface area contributed by atoms with Crippen LogP contribution in [0.15, 0.2) is 4.99 Å². The first-order valence-electron chi connectivity index (χ1n) is 7.32. The van der Waals surface area contributed by atoms with Crippen molar-refractivity contribution in [2.24, 2.45) is 4.99 Å². The molecule has 0 aromatic heterocycles. The highest BCUT2D eigenvalue weighted by atomic mass is 32.2. The summed E-state index contributed by atoms with van der Waals surface area (Å²) in [5.41, 5.74) is 0. The van der Waals surface area contributed by atoms with Crippen LogP contribution in [0.1, 0.15) is 46.0 Å². The van der Waals surface area contributed by atoms with Crippen LogP contribution < -0.4 is 10.6 Å². The van der Waals surface area contributed by atoms with Crippen molar-refractivity contribution < 1.29 is 8.42 Å². The predicted octanol–water partition coefficient (Wildman–Crippen LogP) is 1.31. The minimum absolute atomic E-state index is 0.0124. The van der Waals surface area contributed by atoms with Crippen LogP contribution in [0.3, 0.4) is 0 Å². The molecule has 1 unspecified atom stereocenters. The Morgan fingerprint density at radius 3 is 2.63 bits per heavy atom. The van der Waals surface area contributed by atoms with Gasteiger partial charge in [-0.05, 0) is 19.8 Å². The summed E-state index contributed by atoms with van der Waals surface area (Å²) in [4.78, 5) is 4.50. The van der Waals surface area contributed by atoms with Gasteiger partial charge < -0.3 is 10.6 Å². The van der Waals surface area contributed by atoms with E-state index in [-0.39, 0.29) is 11.8 Å². The molecule has 19 heavy (non-hydrogen) atoms. The summed E-state index contributed by atoms with van der Waals surface area (Å²) in [6, 6.07) is 0.0124. The molecule has 5 nitrogen and oxygen atoms in total. The normalized spacial score (nSPS) is 22.4. The average molecular weight is 289 g/mol. The first-order chi connectivity index (χ1) is 9.07. The summed E-state index contributed by atoms with van der Waals surface area (Å²) in [5, 5.41) is 6.39. The molecule has 0 aromatic carbocycles. The number of rotatable bonds is 7. The second-order valence-electron chi connectivity index (χ2n) is 5.07. The van der Waals surface area contributed by atoms with E-state index >= 15 is 0 Å². The van der Waals surface area contributed by atoms with Gasteiger partial charge in [0.1, 0.15) is 0 Å². The molecule has 1 aliphatic heterocycles. The van der Waals surface area contributed by atoms with Crippen molar-refractivity contribution in [3.63, 3.8) is 0 Å². The van der Waals surface area contributed by atoms with E-state index in [2.05, 4.69) is 22.5 Å². The van der Waals surface area contributed by atoms with E-state index in [1.165, 1.54) is 19.3 Å². The molecular formula is C13H27N3O2S. The van der Waals surface area contributed by atoms with Gasteiger partial charge in [-0.15, -0.1) is 0 Å². The van der Waals surface area contributed by atoms with E-state index < -0.39 is 9.84 Å². The Morgan fingerprint density at radius 2 is 2.05 bits per heavy atom. The molecule has 0 amide bonds. The Morgan fingerprint density at radius 1 is 1.26 bits per heavy atom. The molecule has 1 fully saturated rings. The maximum atomic E-state index is 11.4. The van der Waals surface area contributed by atoms with Gasteiger partial charge in [0.25, 0.3) is 0 Å². The molecular weight excluding hydrogens is 262 g/mol. The molecule has 2 N–H and O–H groups in total. The fourth-order valence-corrected chi connectivity index (χ4v) is 3.83. The molecule has 1 aliphatic rings. The lowest BCUT2D eigenvalue weighted by atomic mass is 10.2. The molecule has 1 atom stereocenters. The standard InChI is InChI=1S/C13H27N3O2S/c1-3-5-6-7-9-15-13(14-4-2)16-12-8-10-19(17,18)11-12/h12H,3-11H2,1-2H3,(H2,14,15,16). The quantitative estimate of drug-likeness (QED) is 0.421. The van der Waals surface area contributed by atoms with E-state index in [9.17, 15) is 8.42 Å². The molecule has 1 saturated heterocycles. The molecule has 0 saturated carbocycles. The van der Waals surface area contributed by atoms with E-state index in [1.54, 1.807) is 0 Å². The lowest BCUT2D eigenvalue weighted by Crippen LogP contribution is -2.44. The monoisotopic (exact) mass is 289 g/mol. The van der Waals surface area contributed by atoms with E-state index in [4.69, 9.17) is 0 Å². The fourth-order valence-electron chi connectivity index (χ4n) is 2.15. The minimum atomic E-state index is -2.83. The zero-order valence-corrected chi connectivity index (χ0v) is 12.9. The van der Waals surface area contributed by atoms with Gasteiger partial charge in [-0.25, -0.2) is 8.42 Å². The van der Waals surface area contributed by atoms with Gasteiger partial charge in [-0.1, -0.05) is 26.2 Å². The molecule has 1 heterocycles. The van der Waals surface area contributed by atoms with Crippen molar-refractivity contribution in [2.75, 3.05) is 24.6 Å². The zero-order valence-electron chi connectivity index (χ0n) is 12.1. The number of sulfone groups is 1. The molecule has 0 aliphatic carbocycles. The van der Waals surface area contributed by atoms with Crippen LogP contribution in [-0.2, 0) is 9.84 Å². The Hall–Kier alpha value is -0.780. The van der Waals surface area contributed by atoms with Crippen LogP contribution in [0.2, 0.25) is 0 Å². The Labute approximate surface area is 117 Å². The maximum absolute atomic E-state index is 11.4. The molecule has 0 aromatic rings. The number of nitrogens with one attached hydrogen (secondary N) is 2. The van der Waals surface area contributed by atoms with Crippen molar-refractivity contribution in [1.82, 2.24) is 10.6 Å². The summed E-state index contributed by atoms with van der Waals surface area (Å²) in [5.74, 6) is 1.27. The van der Waals surface area contributed by atoms with Gasteiger partial charge in [0.15, 0.2) is 15.8 Å². The predicted molar refractivity (Wildman–Crippen MR) is 80.3 cm³/mol. The SMILES string of the molecule is CCCCCCN=C(NCC)NC1CCS(=O)(=O)C1. The Kier molecular flexibility index (Phi) is 7.20. The summed E-state index contributed by atoms with van der Waals surface area (Å²) in [6.45, 7) is 5.80. The summed E-state index contributed by atoms with van der Waals surface area (Å²) >= 11 is 0. The molecule has 6 heteroatoms. The van der Waals surface area contributed by atoms with Gasteiger partial charge in [0.2, 0.25) is 0 Å². The number of aliphatic imine (C=N–C) groups is 1. The second kappa shape index (κ2) is 8.40. The number of hydrogen-bond donors (Lipinski definition) is 2. The smallest absolute Gasteiger partial charge is 0.191 e. The highest BCUT2D eigenvalue weighted by Gasteiger charge is 2.28. The largest absolute Gasteiger partial charge is 0.357 e. The number of hydrogen-bond acceptors (Lipinski definition) is 3. The Balaban J connectivity index is 2.37. The fraction of sp³-hybridized carbons (Fsp3) is 0.923. The van der Waals surface area contributed by atoms with E-state index in [0.717, 1.165) is 25.5 Å². The van der Waals surface area contributed by atoms with E-state index in [0.29, 0.717) is 12.2 Å². The maximum Gasteiger partial charge on any atom is 0.191 e. The van der Waals surface area contributed by atoms with Crippen LogP contribution in [-0.4, -0.2) is 45.0 Å². The molecule has 1 rings (SSSR count). The Bertz CT molecular complexity index is 379. The van der Waals surface area contributed by atoms with Gasteiger partial charge in [0.05, 0.1) is 11.5 Å². The number of unbranched alkanes of at least 4 members (excludes halogenated alkanes) is 3. The van der Waals surface area contributed by atoms with Gasteiger partial charge in [0, 0.05) is 19.1 Å². The summed E-state index contributed by atoms with van der Waals surface area (Å²) in [6.07, 6.45) is 5.45. The van der Waals surface area contributed by atoms with Gasteiger partial charge in [-0.2, -0.15) is 0 Å². The van der Waals surface area contributed by atoms with Crippen LogP contribution in [0, 0.1) is 0 Å². The topological polar surface area (TPSA) is 70.6 Å². The van der Waals surface area contributed by atoms with Gasteiger partial charge >= 0.3 is 0 Å². The van der Waals surface area contributed by atoms with Crippen molar-refractivity contribution in [3.8, 4) is 0 Å². The van der Waals surface area contributed by atoms with Crippen LogP contribution >= 0.6 is 0 Å². The molecule has 112 valence electrons. The third-order valence-corrected chi connectivity index (χ3v) is 4.97. The van der Waals surface area contributed by atoms with Crippen LogP contribution in [0.4, 0.5) is 0 Å². The molecule has 0 radical (unpaired) electrons. The summed E-state index contributed by atoms with van der Waals surface area (Å²) in [7, 11) is -2.83.